The molecule has 0 saturated heterocycles. The van der Waals surface area contributed by atoms with E-state index in [0.717, 1.165) is 44.1 Å². The second-order valence-corrected chi connectivity index (χ2v) is 22.8. The van der Waals surface area contributed by atoms with Crippen LogP contribution in [0.15, 0.2) is 30.3 Å². The second-order valence-electron chi connectivity index (χ2n) is 22.8. The molecule has 384 valence electrons. The van der Waals surface area contributed by atoms with Gasteiger partial charge in [-0.3, -0.25) is 33.6 Å². The van der Waals surface area contributed by atoms with E-state index < -0.39 is 71.4 Å². The number of benzene rings is 1. The van der Waals surface area contributed by atoms with Gasteiger partial charge in [-0.05, 0) is 138 Å². The molecule has 4 saturated carbocycles. The summed E-state index contributed by atoms with van der Waals surface area (Å²) in [5.41, 5.74) is -0.235. The number of hydrogen-bond acceptors (Lipinski definition) is 10. The maximum atomic E-state index is 14.7. The first kappa shape index (κ1) is 54.9. The topological polar surface area (TPSA) is 218 Å². The number of hydrogen-bond donors (Lipinski definition) is 5. The van der Waals surface area contributed by atoms with E-state index in [-0.39, 0.29) is 61.1 Å². The van der Waals surface area contributed by atoms with Crippen LogP contribution in [0.1, 0.15) is 145 Å². The van der Waals surface area contributed by atoms with Gasteiger partial charge in [0.05, 0.1) is 13.7 Å². The predicted molar refractivity (Wildman–Crippen MR) is 261 cm³/mol. The maximum Gasteiger partial charge on any atom is 0.408 e. The van der Waals surface area contributed by atoms with Crippen molar-refractivity contribution in [1.82, 2.24) is 31.5 Å². The summed E-state index contributed by atoms with van der Waals surface area (Å²) in [6.45, 7) is 18.2. The smallest absolute Gasteiger partial charge is 0.408 e. The van der Waals surface area contributed by atoms with Gasteiger partial charge in [-0.2, -0.15) is 0 Å². The third-order valence-electron chi connectivity index (χ3n) is 15.7. The van der Waals surface area contributed by atoms with Crippen LogP contribution in [0.4, 0.5) is 4.79 Å². The first-order chi connectivity index (χ1) is 32.3. The third-order valence-corrected chi connectivity index (χ3v) is 15.7. The largest absolute Gasteiger partial charge is 0.468 e. The first-order valence-corrected chi connectivity index (χ1v) is 25.5. The van der Waals surface area contributed by atoms with Crippen LogP contribution in [0.25, 0.3) is 0 Å². The number of nitrogens with zero attached hydrogens (tertiary/aromatic N) is 1. The highest BCUT2D eigenvalue weighted by atomic mass is 16.6. The second kappa shape index (κ2) is 23.3. The molecule has 0 bridgehead atoms. The fraction of sp³-hybridized carbons (Fsp3) is 0.736. The van der Waals surface area contributed by atoms with Gasteiger partial charge in [0.15, 0.2) is 0 Å². The monoisotopic (exact) mass is 963 g/mol. The molecule has 16 heteroatoms. The Bertz CT molecular complexity index is 2020. The van der Waals surface area contributed by atoms with Crippen molar-refractivity contribution in [2.24, 2.45) is 46.3 Å². The third kappa shape index (κ3) is 14.1. The van der Waals surface area contributed by atoms with Crippen LogP contribution < -0.4 is 26.6 Å². The molecule has 0 aliphatic heterocycles. The maximum absolute atomic E-state index is 14.7. The van der Waals surface area contributed by atoms with Crippen molar-refractivity contribution in [3.63, 3.8) is 0 Å². The number of carbonyl (C=O) groups excluding carboxylic acids is 8. The number of fused-ring (bicyclic) bond motifs is 5. The summed E-state index contributed by atoms with van der Waals surface area (Å²) in [6, 6.07) is 4.49. The summed E-state index contributed by atoms with van der Waals surface area (Å²) >= 11 is 0. The number of esters is 1. The molecule has 69 heavy (non-hydrogen) atoms. The Kier molecular flexibility index (Phi) is 18.5. The lowest BCUT2D eigenvalue weighted by molar-refractivity contribution is -0.150. The van der Waals surface area contributed by atoms with Crippen LogP contribution in [0, 0.1) is 46.3 Å². The Hall–Kier alpha value is -5.02. The van der Waals surface area contributed by atoms with Crippen LogP contribution in [0.2, 0.25) is 0 Å². The van der Waals surface area contributed by atoms with Crippen LogP contribution in [0.3, 0.4) is 0 Å². The molecule has 0 spiro atoms. The normalized spacial score (nSPS) is 27.0. The highest BCUT2D eigenvalue weighted by molar-refractivity contribution is 5.96. The molecule has 16 nitrogen and oxygen atoms in total. The van der Waals surface area contributed by atoms with Crippen LogP contribution in [0.5, 0.6) is 0 Å². The molecule has 0 heterocycles. The minimum absolute atomic E-state index is 0.0284. The number of amides is 6. The number of Topliss-reactive ketones (excluding diaryl/α,β-unsaturated/α-hetero) is 1. The van der Waals surface area contributed by atoms with Crippen LogP contribution >= 0.6 is 0 Å². The molecule has 4 fully saturated rings. The first-order valence-electron chi connectivity index (χ1n) is 25.5. The average molecular weight is 963 g/mol. The SMILES string of the molecule is COC(=O)CNC(=O)CN(C(=O)[C@H](C)NC(=O)[C@H](CC(C)C)NC(=O)[C@H](CC(C)C)NC(=O)[C@H](Cc1ccccc1)NC(=O)OC(C)(C)C)[C@@H]1CC[C@@]2(C)[C@@H](CC[C@@H]3[C@@H]2CC[C@]2(C)C(=O)CC[C@@H]32)C1. The zero-order chi connectivity index (χ0) is 51.0. The number of rotatable bonds is 19. The van der Waals surface area contributed by atoms with E-state index in [0.29, 0.717) is 48.7 Å². The predicted octanol–water partition coefficient (Wildman–Crippen LogP) is 5.79. The molecule has 5 rings (SSSR count). The lowest BCUT2D eigenvalue weighted by Gasteiger charge is -2.60. The van der Waals surface area contributed by atoms with E-state index in [1.54, 1.807) is 32.6 Å². The van der Waals surface area contributed by atoms with Gasteiger partial charge in [0.1, 0.15) is 42.1 Å². The average Bonchev–Trinajstić information content (AvgIpc) is 3.58. The van der Waals surface area contributed by atoms with Crippen molar-refractivity contribution in [2.45, 2.75) is 182 Å². The molecule has 4 aliphatic carbocycles. The molecule has 11 atom stereocenters. The molecule has 5 N–H and O–H groups in total. The fourth-order valence-corrected chi connectivity index (χ4v) is 12.2. The molecular weight excluding hydrogens is 881 g/mol. The summed E-state index contributed by atoms with van der Waals surface area (Å²) in [4.78, 5) is 110. The quantitative estimate of drug-likeness (QED) is 0.105. The van der Waals surface area contributed by atoms with Gasteiger partial charge in [-0.15, -0.1) is 0 Å². The van der Waals surface area contributed by atoms with Gasteiger partial charge in [0, 0.05) is 24.3 Å². The zero-order valence-electron chi connectivity index (χ0n) is 43.2. The number of ether oxygens (including phenoxy) is 2. The van der Waals surface area contributed by atoms with Gasteiger partial charge < -0.3 is 41.0 Å². The summed E-state index contributed by atoms with van der Waals surface area (Å²) in [5, 5.41) is 13.8. The summed E-state index contributed by atoms with van der Waals surface area (Å²) in [6.07, 6.45) is 7.56. The standard InChI is InChI=1S/C53H82N6O10/c1-31(2)25-40(56-47(64)41(26-32(3)4)57-48(65)42(27-34-15-13-12-14-16-34)58-50(67)69-51(6,7)8)46(63)55-33(5)49(66)59(30-44(61)54-29-45(62)68-11)36-21-23-52(9)35(28-36)17-18-37-38-19-20-43(60)53(38,10)24-22-39(37)52/h12-16,31-33,35-42H,17-30H2,1-11H3,(H,54,61)(H,55,63)(H,56,64)(H,57,65)(H,58,67)/t33-,35-,36+,37-,38-,39-,40-,41-,42-,52-,53-/m0/s1. The number of alkyl carbamates (subject to hydrolysis) is 1. The fourth-order valence-electron chi connectivity index (χ4n) is 12.2. The molecule has 1 aromatic rings. The number of ketones is 1. The van der Waals surface area contributed by atoms with E-state index in [1.807, 2.05) is 58.0 Å². The minimum atomic E-state index is -1.10. The lowest BCUT2D eigenvalue weighted by atomic mass is 9.45. The van der Waals surface area contributed by atoms with Gasteiger partial charge in [-0.1, -0.05) is 71.9 Å². The van der Waals surface area contributed by atoms with Gasteiger partial charge >= 0.3 is 12.1 Å². The van der Waals surface area contributed by atoms with E-state index >= 15 is 0 Å². The van der Waals surface area contributed by atoms with E-state index in [9.17, 15) is 38.4 Å². The van der Waals surface area contributed by atoms with Gasteiger partial charge in [0.25, 0.3) is 0 Å². The molecule has 1 aromatic carbocycles. The molecule has 0 radical (unpaired) electrons. The molecule has 4 aliphatic rings. The van der Waals surface area contributed by atoms with Crippen molar-refractivity contribution in [3.05, 3.63) is 35.9 Å². The Morgan fingerprint density at radius 3 is 1.96 bits per heavy atom. The zero-order valence-corrected chi connectivity index (χ0v) is 43.2. The van der Waals surface area contributed by atoms with Crippen molar-refractivity contribution in [1.29, 1.82) is 0 Å². The van der Waals surface area contributed by atoms with E-state index in [4.69, 9.17) is 9.47 Å². The lowest BCUT2D eigenvalue weighted by Crippen LogP contribution is -2.60. The minimum Gasteiger partial charge on any atom is -0.468 e. The molecule has 0 unspecified atom stereocenters. The van der Waals surface area contributed by atoms with Gasteiger partial charge in [0.2, 0.25) is 29.5 Å². The summed E-state index contributed by atoms with van der Waals surface area (Å²) in [5.74, 6) is -1.43. The van der Waals surface area contributed by atoms with Crippen LogP contribution in [-0.4, -0.2) is 108 Å². The van der Waals surface area contributed by atoms with Gasteiger partial charge in [-0.25, -0.2) is 4.79 Å². The number of methoxy groups -OCH3 is 1. The summed E-state index contributed by atoms with van der Waals surface area (Å²) in [7, 11) is 1.23. The van der Waals surface area contributed by atoms with Crippen LogP contribution in [-0.2, 0) is 49.5 Å². The molecular formula is C53H82N6O10. The van der Waals surface area contributed by atoms with E-state index in [2.05, 4.69) is 40.4 Å². The number of carbonyl (C=O) groups is 8. The number of nitrogens with one attached hydrogen (secondary N) is 5. The highest BCUT2D eigenvalue weighted by Gasteiger charge is 2.60. The molecule has 0 aromatic heterocycles. The van der Waals surface area contributed by atoms with Crippen molar-refractivity contribution in [3.8, 4) is 0 Å². The summed E-state index contributed by atoms with van der Waals surface area (Å²) < 4.78 is 10.2. The molecule has 6 amide bonds. The van der Waals surface area contributed by atoms with Crippen molar-refractivity contribution < 1.29 is 47.8 Å². The Morgan fingerprint density at radius 2 is 1.36 bits per heavy atom. The van der Waals surface area contributed by atoms with E-state index in [1.165, 1.54) is 7.11 Å². The van der Waals surface area contributed by atoms with Crippen molar-refractivity contribution in [2.75, 3.05) is 20.2 Å². The Labute approximate surface area is 410 Å². The highest BCUT2D eigenvalue weighted by Crippen LogP contribution is 2.65. The Balaban J connectivity index is 1.31. The Morgan fingerprint density at radius 1 is 0.754 bits per heavy atom. The van der Waals surface area contributed by atoms with Crippen molar-refractivity contribution >= 4 is 47.4 Å².